The smallest absolute Gasteiger partial charge is 0.267 e. The Morgan fingerprint density at radius 1 is 1.16 bits per heavy atom. The van der Waals surface area contributed by atoms with E-state index in [0.717, 1.165) is 3.97 Å². The van der Waals surface area contributed by atoms with Gasteiger partial charge in [0.25, 0.3) is 10.0 Å². The highest BCUT2D eigenvalue weighted by atomic mass is 32.2. The SMILES string of the molecule is CC(=O)/C=C/c1ccn(S(=O)(=O)c2ccccc2)c1. The maximum Gasteiger partial charge on any atom is 0.267 e. The fourth-order valence-corrected chi connectivity index (χ4v) is 2.79. The number of carbonyl (C=O) groups excluding carboxylic acids is 1. The van der Waals surface area contributed by atoms with Gasteiger partial charge in [-0.15, -0.1) is 0 Å². The van der Waals surface area contributed by atoms with Crippen molar-refractivity contribution < 1.29 is 13.2 Å². The monoisotopic (exact) mass is 275 g/mol. The number of ketones is 1. The summed E-state index contributed by atoms with van der Waals surface area (Å²) in [5, 5.41) is 0. The molecule has 1 aromatic carbocycles. The van der Waals surface area contributed by atoms with Crippen LogP contribution in [-0.2, 0) is 14.8 Å². The van der Waals surface area contributed by atoms with Gasteiger partial charge in [-0.1, -0.05) is 18.2 Å². The standard InChI is InChI=1S/C14H13NO3S/c1-12(16)7-8-13-9-10-15(11-13)19(17,18)14-5-3-2-4-6-14/h2-11H,1H3/b8-7+. The van der Waals surface area contributed by atoms with Crippen molar-refractivity contribution >= 4 is 21.9 Å². The molecular formula is C14H13NO3S. The van der Waals surface area contributed by atoms with E-state index in [9.17, 15) is 13.2 Å². The Hall–Kier alpha value is -2.14. The Morgan fingerprint density at radius 3 is 2.47 bits per heavy atom. The number of benzene rings is 1. The van der Waals surface area contributed by atoms with Crippen LogP contribution in [0, 0.1) is 0 Å². The Morgan fingerprint density at radius 2 is 1.84 bits per heavy atom. The zero-order chi connectivity index (χ0) is 13.9. The van der Waals surface area contributed by atoms with Crippen LogP contribution in [0.5, 0.6) is 0 Å². The zero-order valence-electron chi connectivity index (χ0n) is 10.4. The highest BCUT2D eigenvalue weighted by Gasteiger charge is 2.15. The molecule has 4 nitrogen and oxygen atoms in total. The minimum absolute atomic E-state index is 0.0846. The summed E-state index contributed by atoms with van der Waals surface area (Å²) in [4.78, 5) is 11.1. The predicted molar refractivity (Wildman–Crippen MR) is 73.2 cm³/mol. The van der Waals surface area contributed by atoms with E-state index in [0.29, 0.717) is 5.56 Å². The van der Waals surface area contributed by atoms with Crippen molar-refractivity contribution in [1.82, 2.24) is 3.97 Å². The summed E-state index contributed by atoms with van der Waals surface area (Å²) >= 11 is 0. The van der Waals surface area contributed by atoms with Gasteiger partial charge in [-0.25, -0.2) is 12.4 Å². The quantitative estimate of drug-likeness (QED) is 0.805. The molecular weight excluding hydrogens is 262 g/mol. The number of hydrogen-bond acceptors (Lipinski definition) is 3. The first kappa shape index (κ1) is 13.3. The third kappa shape index (κ3) is 3.00. The predicted octanol–water partition coefficient (Wildman–Crippen LogP) is 2.33. The Balaban J connectivity index is 2.35. The molecule has 5 heteroatoms. The second-order valence-corrected chi connectivity index (χ2v) is 5.88. The molecule has 0 radical (unpaired) electrons. The van der Waals surface area contributed by atoms with Crippen molar-refractivity contribution in [3.8, 4) is 0 Å². The second kappa shape index (κ2) is 5.24. The van der Waals surface area contributed by atoms with Crippen LogP contribution >= 0.6 is 0 Å². The Labute approximate surface area is 112 Å². The van der Waals surface area contributed by atoms with Gasteiger partial charge < -0.3 is 0 Å². The van der Waals surface area contributed by atoms with Gasteiger partial charge in [-0.05, 0) is 42.8 Å². The molecule has 0 aliphatic carbocycles. The largest absolute Gasteiger partial charge is 0.295 e. The van der Waals surface area contributed by atoms with Crippen LogP contribution in [0.3, 0.4) is 0 Å². The van der Waals surface area contributed by atoms with Gasteiger partial charge in [-0.3, -0.25) is 4.79 Å². The van der Waals surface area contributed by atoms with Gasteiger partial charge in [0.2, 0.25) is 0 Å². The van der Waals surface area contributed by atoms with Crippen molar-refractivity contribution in [3.63, 3.8) is 0 Å². The van der Waals surface area contributed by atoms with Crippen LogP contribution in [0.2, 0.25) is 0 Å². The molecule has 2 aromatic rings. The molecule has 1 heterocycles. The Kier molecular flexibility index (Phi) is 3.66. The summed E-state index contributed by atoms with van der Waals surface area (Å²) in [6, 6.07) is 9.83. The molecule has 0 fully saturated rings. The van der Waals surface area contributed by atoms with E-state index in [1.165, 1.54) is 25.4 Å². The molecule has 1 aromatic heterocycles. The van der Waals surface area contributed by atoms with Crippen molar-refractivity contribution in [2.45, 2.75) is 11.8 Å². The van der Waals surface area contributed by atoms with Gasteiger partial charge in [0.1, 0.15) is 0 Å². The van der Waals surface area contributed by atoms with Crippen LogP contribution in [0.15, 0.2) is 59.8 Å². The number of hydrogen-bond donors (Lipinski definition) is 0. The molecule has 0 amide bonds. The van der Waals surface area contributed by atoms with Crippen molar-refractivity contribution in [3.05, 3.63) is 60.4 Å². The number of rotatable bonds is 4. The summed E-state index contributed by atoms with van der Waals surface area (Å²) in [5.41, 5.74) is 0.662. The van der Waals surface area contributed by atoms with Gasteiger partial charge >= 0.3 is 0 Å². The molecule has 0 N–H and O–H groups in total. The van der Waals surface area contributed by atoms with Gasteiger partial charge in [-0.2, -0.15) is 0 Å². The van der Waals surface area contributed by atoms with Crippen molar-refractivity contribution in [2.24, 2.45) is 0 Å². The summed E-state index contributed by atoms with van der Waals surface area (Å²) < 4.78 is 25.7. The molecule has 0 bridgehead atoms. The molecule has 0 saturated heterocycles. The summed E-state index contributed by atoms with van der Waals surface area (Å²) in [6.07, 6.45) is 5.91. The van der Waals surface area contributed by atoms with E-state index in [2.05, 4.69) is 0 Å². The number of allylic oxidation sites excluding steroid dienone is 1. The molecule has 0 spiro atoms. The zero-order valence-corrected chi connectivity index (χ0v) is 11.2. The molecule has 2 rings (SSSR count). The Bertz CT molecular complexity index is 712. The third-order valence-corrected chi connectivity index (χ3v) is 4.17. The van der Waals surface area contributed by atoms with Crippen LogP contribution < -0.4 is 0 Å². The summed E-state index contributed by atoms with van der Waals surface area (Å²) in [5.74, 6) is -0.0846. The van der Waals surface area contributed by atoms with E-state index in [1.54, 1.807) is 42.5 Å². The lowest BCUT2D eigenvalue weighted by Crippen LogP contribution is -2.10. The first-order valence-corrected chi connectivity index (χ1v) is 7.11. The van der Waals surface area contributed by atoms with Gasteiger partial charge in [0.15, 0.2) is 5.78 Å². The van der Waals surface area contributed by atoms with Crippen LogP contribution in [-0.4, -0.2) is 18.2 Å². The van der Waals surface area contributed by atoms with Crippen LogP contribution in [0.1, 0.15) is 12.5 Å². The molecule has 0 aliphatic heterocycles. The third-order valence-electron chi connectivity index (χ3n) is 2.52. The van der Waals surface area contributed by atoms with Crippen LogP contribution in [0.4, 0.5) is 0 Å². The highest BCUT2D eigenvalue weighted by molar-refractivity contribution is 7.90. The van der Waals surface area contributed by atoms with Crippen molar-refractivity contribution in [2.75, 3.05) is 0 Å². The minimum atomic E-state index is -3.56. The highest BCUT2D eigenvalue weighted by Crippen LogP contribution is 2.15. The summed E-state index contributed by atoms with van der Waals surface area (Å²) in [6.45, 7) is 1.44. The molecule has 0 atom stereocenters. The summed E-state index contributed by atoms with van der Waals surface area (Å²) in [7, 11) is -3.56. The van der Waals surface area contributed by atoms with E-state index in [-0.39, 0.29) is 10.7 Å². The molecule has 0 unspecified atom stereocenters. The van der Waals surface area contributed by atoms with E-state index >= 15 is 0 Å². The first-order valence-electron chi connectivity index (χ1n) is 5.67. The van der Waals surface area contributed by atoms with Crippen LogP contribution in [0.25, 0.3) is 6.08 Å². The van der Waals surface area contributed by atoms with E-state index in [1.807, 2.05) is 0 Å². The van der Waals surface area contributed by atoms with E-state index < -0.39 is 10.0 Å². The maximum atomic E-state index is 12.3. The lowest BCUT2D eigenvalue weighted by molar-refractivity contribution is -0.112. The second-order valence-electron chi connectivity index (χ2n) is 4.04. The fraction of sp³-hybridized carbons (Fsp3) is 0.0714. The minimum Gasteiger partial charge on any atom is -0.295 e. The lowest BCUT2D eigenvalue weighted by Gasteiger charge is -2.04. The van der Waals surface area contributed by atoms with Gasteiger partial charge in [0, 0.05) is 12.4 Å². The lowest BCUT2D eigenvalue weighted by atomic mass is 10.3. The van der Waals surface area contributed by atoms with Crippen molar-refractivity contribution in [1.29, 1.82) is 0 Å². The first-order chi connectivity index (χ1) is 9.00. The molecule has 0 saturated carbocycles. The fourth-order valence-electron chi connectivity index (χ4n) is 1.57. The average molecular weight is 275 g/mol. The number of carbonyl (C=O) groups is 1. The topological polar surface area (TPSA) is 56.1 Å². The molecule has 0 aliphatic rings. The van der Waals surface area contributed by atoms with Gasteiger partial charge in [0.05, 0.1) is 4.90 Å². The molecule has 98 valence electrons. The number of nitrogens with zero attached hydrogens (tertiary/aromatic N) is 1. The average Bonchev–Trinajstić information content (AvgIpc) is 2.87. The maximum absolute atomic E-state index is 12.3. The normalized spacial score (nSPS) is 11.8. The van der Waals surface area contributed by atoms with E-state index in [4.69, 9.17) is 0 Å². The number of aromatic nitrogens is 1. The molecule has 19 heavy (non-hydrogen) atoms.